The molecule has 1 aromatic rings. The highest BCUT2D eigenvalue weighted by molar-refractivity contribution is 5.00. The molecular formula is C12H23N3O. The van der Waals surface area contributed by atoms with Crippen molar-refractivity contribution in [1.29, 1.82) is 0 Å². The van der Waals surface area contributed by atoms with E-state index in [2.05, 4.69) is 28.7 Å². The van der Waals surface area contributed by atoms with Crippen LogP contribution in [0.2, 0.25) is 0 Å². The van der Waals surface area contributed by atoms with Crippen LogP contribution in [0, 0.1) is 0 Å². The lowest BCUT2D eigenvalue weighted by atomic mass is 10.1. The monoisotopic (exact) mass is 225 g/mol. The highest BCUT2D eigenvalue weighted by Gasteiger charge is 2.09. The maximum Gasteiger partial charge on any atom is 0.0951 e. The van der Waals surface area contributed by atoms with Gasteiger partial charge in [0, 0.05) is 32.4 Å². The number of methoxy groups -OCH3 is 1. The summed E-state index contributed by atoms with van der Waals surface area (Å²) in [6, 6.07) is 0.571. The zero-order chi connectivity index (χ0) is 11.8. The van der Waals surface area contributed by atoms with Crippen molar-refractivity contribution in [3.63, 3.8) is 0 Å². The normalized spacial score (nSPS) is 11.2. The van der Waals surface area contributed by atoms with Crippen molar-refractivity contribution in [2.75, 3.05) is 20.3 Å². The van der Waals surface area contributed by atoms with E-state index < -0.39 is 0 Å². The first kappa shape index (κ1) is 13.2. The first-order valence-corrected chi connectivity index (χ1v) is 6.03. The quantitative estimate of drug-likeness (QED) is 0.688. The molecule has 1 rings (SSSR count). The predicted molar refractivity (Wildman–Crippen MR) is 65.4 cm³/mol. The van der Waals surface area contributed by atoms with Gasteiger partial charge in [0.2, 0.25) is 0 Å². The summed E-state index contributed by atoms with van der Waals surface area (Å²) in [7, 11) is 1.72. The molecule has 4 nitrogen and oxygen atoms in total. The largest absolute Gasteiger partial charge is 0.383 e. The third kappa shape index (κ3) is 3.61. The van der Waals surface area contributed by atoms with Crippen LogP contribution in [0.4, 0.5) is 0 Å². The maximum atomic E-state index is 5.00. The third-order valence-corrected chi connectivity index (χ3v) is 2.87. The van der Waals surface area contributed by atoms with Gasteiger partial charge in [0.25, 0.3) is 0 Å². The molecule has 0 aromatic carbocycles. The first-order chi connectivity index (χ1) is 7.83. The van der Waals surface area contributed by atoms with Gasteiger partial charge in [-0.05, 0) is 12.8 Å². The Labute approximate surface area is 98.0 Å². The molecule has 1 heterocycles. The van der Waals surface area contributed by atoms with E-state index in [0.717, 1.165) is 32.5 Å². The second-order valence-corrected chi connectivity index (χ2v) is 3.93. The van der Waals surface area contributed by atoms with Crippen LogP contribution in [0.25, 0.3) is 0 Å². The minimum absolute atomic E-state index is 0.571. The fourth-order valence-corrected chi connectivity index (χ4v) is 1.87. The van der Waals surface area contributed by atoms with Crippen molar-refractivity contribution >= 4 is 0 Å². The first-order valence-electron chi connectivity index (χ1n) is 6.03. The van der Waals surface area contributed by atoms with Crippen LogP contribution < -0.4 is 5.32 Å². The Morgan fingerprint density at radius 2 is 2.19 bits per heavy atom. The Balaban J connectivity index is 2.49. The smallest absolute Gasteiger partial charge is 0.0951 e. The predicted octanol–water partition coefficient (Wildman–Crippen LogP) is 1.98. The number of imidazole rings is 1. The standard InChI is InChI=1S/C12H23N3O/c1-4-11(5-2)15-10-14-9-12(15)8-13-6-7-16-3/h9-11,13H,4-8H2,1-3H3. The molecule has 1 N–H and O–H groups in total. The summed E-state index contributed by atoms with van der Waals surface area (Å²) in [4.78, 5) is 4.23. The zero-order valence-corrected chi connectivity index (χ0v) is 10.6. The average molecular weight is 225 g/mol. The van der Waals surface area contributed by atoms with Crippen LogP contribution in [0.15, 0.2) is 12.5 Å². The summed E-state index contributed by atoms with van der Waals surface area (Å²) < 4.78 is 7.27. The van der Waals surface area contributed by atoms with Crippen LogP contribution in [-0.4, -0.2) is 29.8 Å². The number of aromatic nitrogens is 2. The highest BCUT2D eigenvalue weighted by atomic mass is 16.5. The van der Waals surface area contributed by atoms with Gasteiger partial charge in [-0.25, -0.2) is 4.98 Å². The van der Waals surface area contributed by atoms with Crippen LogP contribution >= 0.6 is 0 Å². The number of nitrogens with one attached hydrogen (secondary N) is 1. The summed E-state index contributed by atoms with van der Waals surface area (Å²) in [6.07, 6.45) is 6.18. The van der Waals surface area contributed by atoms with E-state index in [1.165, 1.54) is 5.69 Å². The van der Waals surface area contributed by atoms with E-state index in [1.54, 1.807) is 7.11 Å². The molecule has 0 aliphatic carbocycles. The molecule has 0 unspecified atom stereocenters. The zero-order valence-electron chi connectivity index (χ0n) is 10.6. The van der Waals surface area contributed by atoms with Gasteiger partial charge in [-0.1, -0.05) is 13.8 Å². The summed E-state index contributed by atoms with van der Waals surface area (Å²) in [5, 5.41) is 3.35. The molecule has 0 aliphatic heterocycles. The third-order valence-electron chi connectivity index (χ3n) is 2.87. The minimum Gasteiger partial charge on any atom is -0.383 e. The lowest BCUT2D eigenvalue weighted by Crippen LogP contribution is -2.21. The molecule has 0 saturated heterocycles. The molecule has 92 valence electrons. The van der Waals surface area contributed by atoms with Crippen LogP contribution in [0.3, 0.4) is 0 Å². The van der Waals surface area contributed by atoms with Crippen molar-refractivity contribution in [1.82, 2.24) is 14.9 Å². The molecule has 0 saturated carbocycles. The van der Waals surface area contributed by atoms with Crippen LogP contribution in [0.1, 0.15) is 38.4 Å². The van der Waals surface area contributed by atoms with E-state index in [-0.39, 0.29) is 0 Å². The number of nitrogens with zero attached hydrogens (tertiary/aromatic N) is 2. The van der Waals surface area contributed by atoms with Gasteiger partial charge in [0.1, 0.15) is 0 Å². The van der Waals surface area contributed by atoms with Gasteiger partial charge in [-0.3, -0.25) is 0 Å². The fraction of sp³-hybridized carbons (Fsp3) is 0.750. The van der Waals surface area contributed by atoms with Gasteiger partial charge in [0.15, 0.2) is 0 Å². The van der Waals surface area contributed by atoms with Crippen molar-refractivity contribution in [3.8, 4) is 0 Å². The summed E-state index contributed by atoms with van der Waals surface area (Å²) >= 11 is 0. The number of hydrogen-bond donors (Lipinski definition) is 1. The van der Waals surface area contributed by atoms with Crippen molar-refractivity contribution < 1.29 is 4.74 Å². The summed E-state index contributed by atoms with van der Waals surface area (Å²) in [6.45, 7) is 6.93. The SMILES string of the molecule is CCC(CC)n1cncc1CNCCOC. The molecule has 4 heteroatoms. The van der Waals surface area contributed by atoms with Crippen molar-refractivity contribution in [2.45, 2.75) is 39.3 Å². The average Bonchev–Trinajstić information content (AvgIpc) is 2.75. The van der Waals surface area contributed by atoms with E-state index in [0.29, 0.717) is 6.04 Å². The van der Waals surface area contributed by atoms with E-state index in [9.17, 15) is 0 Å². The van der Waals surface area contributed by atoms with Gasteiger partial charge < -0.3 is 14.6 Å². The Morgan fingerprint density at radius 1 is 1.44 bits per heavy atom. The number of rotatable bonds is 8. The molecule has 0 atom stereocenters. The lowest BCUT2D eigenvalue weighted by molar-refractivity contribution is 0.199. The molecule has 0 amide bonds. The molecule has 0 spiro atoms. The second-order valence-electron chi connectivity index (χ2n) is 3.93. The van der Waals surface area contributed by atoms with Crippen LogP contribution in [-0.2, 0) is 11.3 Å². The topological polar surface area (TPSA) is 39.1 Å². The van der Waals surface area contributed by atoms with E-state index in [4.69, 9.17) is 4.74 Å². The number of ether oxygens (including phenoxy) is 1. The van der Waals surface area contributed by atoms with E-state index >= 15 is 0 Å². The minimum atomic E-state index is 0.571. The molecule has 16 heavy (non-hydrogen) atoms. The Hall–Kier alpha value is -0.870. The Kier molecular flexibility index (Phi) is 6.11. The highest BCUT2D eigenvalue weighted by Crippen LogP contribution is 2.17. The Morgan fingerprint density at radius 3 is 2.81 bits per heavy atom. The molecule has 0 aliphatic rings. The van der Waals surface area contributed by atoms with Gasteiger partial charge in [0.05, 0.1) is 18.6 Å². The summed E-state index contributed by atoms with van der Waals surface area (Å²) in [5.74, 6) is 0. The second kappa shape index (κ2) is 7.41. The molecule has 1 aromatic heterocycles. The molecule has 0 radical (unpaired) electrons. The Bertz CT molecular complexity index is 282. The molecular weight excluding hydrogens is 202 g/mol. The van der Waals surface area contributed by atoms with Crippen molar-refractivity contribution in [2.24, 2.45) is 0 Å². The fourth-order valence-electron chi connectivity index (χ4n) is 1.87. The van der Waals surface area contributed by atoms with Gasteiger partial charge >= 0.3 is 0 Å². The van der Waals surface area contributed by atoms with E-state index in [1.807, 2.05) is 12.5 Å². The maximum absolute atomic E-state index is 5.00. The van der Waals surface area contributed by atoms with Crippen molar-refractivity contribution in [3.05, 3.63) is 18.2 Å². The van der Waals surface area contributed by atoms with Gasteiger partial charge in [-0.2, -0.15) is 0 Å². The summed E-state index contributed by atoms with van der Waals surface area (Å²) in [5.41, 5.74) is 1.25. The lowest BCUT2D eigenvalue weighted by Gasteiger charge is -2.17. The molecule has 0 fully saturated rings. The van der Waals surface area contributed by atoms with Gasteiger partial charge in [-0.15, -0.1) is 0 Å². The molecule has 0 bridgehead atoms. The number of hydrogen-bond acceptors (Lipinski definition) is 3. The van der Waals surface area contributed by atoms with Crippen LogP contribution in [0.5, 0.6) is 0 Å².